The Bertz CT molecular complexity index is 936. The van der Waals surface area contributed by atoms with E-state index in [9.17, 15) is 14.0 Å². The van der Waals surface area contributed by atoms with Gasteiger partial charge < -0.3 is 10.6 Å². The molecule has 0 atom stereocenters. The summed E-state index contributed by atoms with van der Waals surface area (Å²) in [4.78, 5) is 24.0. The Labute approximate surface area is 159 Å². The number of nitrogens with one attached hydrogen (secondary N) is 2. The van der Waals surface area contributed by atoms with Crippen LogP contribution in [0.15, 0.2) is 71.8 Å². The van der Waals surface area contributed by atoms with Gasteiger partial charge in [-0.2, -0.15) is 0 Å². The maximum Gasteiger partial charge on any atom is 0.256 e. The van der Waals surface area contributed by atoms with E-state index in [0.29, 0.717) is 22.1 Å². The zero-order valence-corrected chi connectivity index (χ0v) is 14.9. The van der Waals surface area contributed by atoms with Gasteiger partial charge in [-0.1, -0.05) is 36.0 Å². The molecule has 0 fully saturated rings. The van der Waals surface area contributed by atoms with Gasteiger partial charge in [0.25, 0.3) is 5.91 Å². The van der Waals surface area contributed by atoms with Gasteiger partial charge in [-0.15, -0.1) is 10.2 Å². The minimum absolute atomic E-state index is 0.0981. The highest BCUT2D eigenvalue weighted by Gasteiger charge is 2.08. The molecule has 3 aromatic rings. The molecule has 0 aliphatic rings. The van der Waals surface area contributed by atoms with Crippen LogP contribution in [0.5, 0.6) is 0 Å². The summed E-state index contributed by atoms with van der Waals surface area (Å²) >= 11 is 1.18. The van der Waals surface area contributed by atoms with Gasteiger partial charge in [-0.25, -0.2) is 4.39 Å². The minimum Gasteiger partial charge on any atom is -0.325 e. The van der Waals surface area contributed by atoms with Gasteiger partial charge in [0.2, 0.25) is 5.91 Å². The highest BCUT2D eigenvalue weighted by molar-refractivity contribution is 7.99. The van der Waals surface area contributed by atoms with Crippen LogP contribution in [0.1, 0.15) is 10.4 Å². The first-order valence-electron chi connectivity index (χ1n) is 7.98. The Morgan fingerprint density at radius 3 is 2.44 bits per heavy atom. The van der Waals surface area contributed by atoms with Crippen LogP contribution in [0.3, 0.4) is 0 Å². The number of carbonyl (C=O) groups excluding carboxylic acids is 2. The fourth-order valence-electron chi connectivity index (χ4n) is 2.14. The maximum absolute atomic E-state index is 13.1. The number of amides is 2. The molecule has 6 nitrogen and oxygen atoms in total. The van der Waals surface area contributed by atoms with E-state index in [1.807, 2.05) is 6.07 Å². The zero-order chi connectivity index (χ0) is 19.1. The first kappa shape index (κ1) is 18.5. The average molecular weight is 382 g/mol. The van der Waals surface area contributed by atoms with E-state index in [2.05, 4.69) is 20.8 Å². The third-order valence-electron chi connectivity index (χ3n) is 3.38. The number of carbonyl (C=O) groups is 2. The number of thioether (sulfide) groups is 1. The summed E-state index contributed by atoms with van der Waals surface area (Å²) in [5, 5.41) is 13.7. The van der Waals surface area contributed by atoms with Gasteiger partial charge in [0.1, 0.15) is 10.8 Å². The third kappa shape index (κ3) is 5.61. The van der Waals surface area contributed by atoms with Crippen molar-refractivity contribution in [3.63, 3.8) is 0 Å². The number of nitrogens with zero attached hydrogens (tertiary/aromatic N) is 2. The van der Waals surface area contributed by atoms with Gasteiger partial charge in [0.15, 0.2) is 5.82 Å². The van der Waals surface area contributed by atoms with Crippen molar-refractivity contribution in [2.45, 2.75) is 5.03 Å². The van der Waals surface area contributed by atoms with E-state index in [-0.39, 0.29) is 17.6 Å². The third-order valence-corrected chi connectivity index (χ3v) is 4.30. The van der Waals surface area contributed by atoms with Gasteiger partial charge in [-0.3, -0.25) is 9.59 Å². The SMILES string of the molecule is O=C(CSc1ccc(NC(=O)c2ccccc2)nn1)Nc1cccc(F)c1. The largest absolute Gasteiger partial charge is 0.325 e. The molecule has 0 aliphatic carbocycles. The lowest BCUT2D eigenvalue weighted by Crippen LogP contribution is -2.14. The van der Waals surface area contributed by atoms with Crippen LogP contribution >= 0.6 is 11.8 Å². The summed E-state index contributed by atoms with van der Waals surface area (Å²) in [6.07, 6.45) is 0. The number of benzene rings is 2. The predicted molar refractivity (Wildman–Crippen MR) is 102 cm³/mol. The van der Waals surface area contributed by atoms with Crippen LogP contribution < -0.4 is 10.6 Å². The van der Waals surface area contributed by atoms with E-state index >= 15 is 0 Å². The van der Waals surface area contributed by atoms with E-state index in [0.717, 1.165) is 0 Å². The van der Waals surface area contributed by atoms with Gasteiger partial charge in [-0.05, 0) is 42.5 Å². The Morgan fingerprint density at radius 2 is 1.74 bits per heavy atom. The first-order chi connectivity index (χ1) is 13.1. The Balaban J connectivity index is 1.50. The summed E-state index contributed by atoms with van der Waals surface area (Å²) in [5.41, 5.74) is 0.914. The van der Waals surface area contributed by atoms with Crippen LogP contribution in [0.4, 0.5) is 15.9 Å². The molecule has 136 valence electrons. The monoisotopic (exact) mass is 382 g/mol. The Morgan fingerprint density at radius 1 is 0.926 bits per heavy atom. The number of hydrogen-bond acceptors (Lipinski definition) is 5. The summed E-state index contributed by atoms with van der Waals surface area (Å²) in [6.45, 7) is 0. The molecule has 1 heterocycles. The standard InChI is InChI=1S/C19H15FN4O2S/c20-14-7-4-8-15(11-14)21-17(25)12-27-18-10-9-16(23-24-18)22-19(26)13-5-2-1-3-6-13/h1-11H,12H2,(H,21,25)(H,22,23,26). The molecule has 3 rings (SSSR count). The Hall–Kier alpha value is -3.26. The number of hydrogen-bond donors (Lipinski definition) is 2. The highest BCUT2D eigenvalue weighted by atomic mass is 32.2. The lowest BCUT2D eigenvalue weighted by molar-refractivity contribution is -0.113. The second-order valence-electron chi connectivity index (χ2n) is 5.42. The molecule has 1 aromatic heterocycles. The molecule has 2 N–H and O–H groups in total. The molecule has 8 heteroatoms. The van der Waals surface area contributed by atoms with E-state index in [4.69, 9.17) is 0 Å². The summed E-state index contributed by atoms with van der Waals surface area (Å²) in [7, 11) is 0. The summed E-state index contributed by atoms with van der Waals surface area (Å²) in [6, 6.07) is 17.7. The second-order valence-corrected chi connectivity index (χ2v) is 6.42. The molecule has 2 aromatic carbocycles. The van der Waals surface area contributed by atoms with E-state index in [1.165, 1.54) is 30.0 Å². The lowest BCUT2D eigenvalue weighted by atomic mass is 10.2. The molecule has 27 heavy (non-hydrogen) atoms. The van der Waals surface area contributed by atoms with E-state index in [1.54, 1.807) is 42.5 Å². The minimum atomic E-state index is -0.417. The van der Waals surface area contributed by atoms with Crippen molar-refractivity contribution in [1.82, 2.24) is 10.2 Å². The molecule has 0 saturated carbocycles. The quantitative estimate of drug-likeness (QED) is 0.637. The molecule has 2 amide bonds. The summed E-state index contributed by atoms with van der Waals surface area (Å²) < 4.78 is 13.1. The average Bonchev–Trinajstić information content (AvgIpc) is 2.68. The smallest absolute Gasteiger partial charge is 0.256 e. The topological polar surface area (TPSA) is 84.0 Å². The van der Waals surface area contributed by atoms with Crippen LogP contribution in [-0.2, 0) is 4.79 Å². The number of halogens is 1. The molecule has 0 unspecified atom stereocenters. The van der Waals surface area contributed by atoms with Crippen molar-refractivity contribution in [2.75, 3.05) is 16.4 Å². The van der Waals surface area contributed by atoms with Crippen molar-refractivity contribution in [2.24, 2.45) is 0 Å². The Kier molecular flexibility index (Phi) is 6.11. The summed E-state index contributed by atoms with van der Waals surface area (Å²) in [5.74, 6) is -0.563. The molecule has 0 radical (unpaired) electrons. The van der Waals surface area contributed by atoms with Crippen LogP contribution in [0.25, 0.3) is 0 Å². The number of anilines is 2. The molecular weight excluding hydrogens is 367 g/mol. The lowest BCUT2D eigenvalue weighted by Gasteiger charge is -2.06. The van der Waals surface area contributed by atoms with Crippen molar-refractivity contribution < 1.29 is 14.0 Å². The van der Waals surface area contributed by atoms with Crippen molar-refractivity contribution in [1.29, 1.82) is 0 Å². The van der Waals surface area contributed by atoms with Crippen molar-refractivity contribution in [3.05, 3.63) is 78.1 Å². The highest BCUT2D eigenvalue weighted by Crippen LogP contribution is 2.17. The number of rotatable bonds is 6. The maximum atomic E-state index is 13.1. The van der Waals surface area contributed by atoms with Gasteiger partial charge >= 0.3 is 0 Å². The number of aromatic nitrogens is 2. The molecule has 0 saturated heterocycles. The fourth-order valence-corrected chi connectivity index (χ4v) is 2.76. The van der Waals surface area contributed by atoms with E-state index < -0.39 is 5.82 Å². The molecule has 0 bridgehead atoms. The zero-order valence-electron chi connectivity index (χ0n) is 14.1. The van der Waals surface area contributed by atoms with Gasteiger partial charge in [0.05, 0.1) is 5.75 Å². The fraction of sp³-hybridized carbons (Fsp3) is 0.0526. The molecule has 0 spiro atoms. The van der Waals surface area contributed by atoms with Crippen molar-refractivity contribution in [3.8, 4) is 0 Å². The molecular formula is C19H15FN4O2S. The predicted octanol–water partition coefficient (Wildman–Crippen LogP) is 3.60. The first-order valence-corrected chi connectivity index (χ1v) is 8.97. The van der Waals surface area contributed by atoms with Crippen molar-refractivity contribution >= 4 is 35.1 Å². The molecule has 0 aliphatic heterocycles. The normalized spacial score (nSPS) is 10.3. The second kappa shape index (κ2) is 8.91. The van der Waals surface area contributed by atoms with Crippen LogP contribution in [0.2, 0.25) is 0 Å². The van der Waals surface area contributed by atoms with Crippen LogP contribution in [-0.4, -0.2) is 27.8 Å². The van der Waals surface area contributed by atoms with Crippen LogP contribution in [0, 0.1) is 5.82 Å². The van der Waals surface area contributed by atoms with Gasteiger partial charge in [0, 0.05) is 11.3 Å².